The molecule has 0 aromatic heterocycles. The Morgan fingerprint density at radius 1 is 1.36 bits per heavy atom. The summed E-state index contributed by atoms with van der Waals surface area (Å²) in [7, 11) is 0. The Labute approximate surface area is 81.7 Å². The van der Waals surface area contributed by atoms with Gasteiger partial charge in [0, 0.05) is 0 Å². The van der Waals surface area contributed by atoms with Crippen molar-refractivity contribution in [3.63, 3.8) is 0 Å². The highest BCUT2D eigenvalue weighted by molar-refractivity contribution is 5.90. The molecule has 1 rings (SSSR count). The number of benzene rings is 1. The molecule has 0 aliphatic heterocycles. The first-order chi connectivity index (χ1) is 6.52. The van der Waals surface area contributed by atoms with Gasteiger partial charge in [0.2, 0.25) is 5.83 Å². The van der Waals surface area contributed by atoms with Crippen LogP contribution in [0, 0.1) is 13.8 Å². The van der Waals surface area contributed by atoms with Gasteiger partial charge < -0.3 is 5.11 Å². The normalized spacial score (nSPS) is 11.5. The van der Waals surface area contributed by atoms with Gasteiger partial charge in [0.15, 0.2) is 0 Å². The van der Waals surface area contributed by atoms with E-state index in [2.05, 4.69) is 0 Å². The van der Waals surface area contributed by atoms with Crippen molar-refractivity contribution >= 4 is 12.0 Å². The molecule has 0 bridgehead atoms. The highest BCUT2D eigenvalue weighted by atomic mass is 19.1. The van der Waals surface area contributed by atoms with E-state index in [1.165, 1.54) is 0 Å². The molecule has 1 N–H and O–H groups in total. The van der Waals surface area contributed by atoms with Crippen molar-refractivity contribution in [1.82, 2.24) is 0 Å². The van der Waals surface area contributed by atoms with E-state index in [0.717, 1.165) is 17.2 Å². The number of aryl methyl sites for hydroxylation is 2. The average molecular weight is 194 g/mol. The lowest BCUT2D eigenvalue weighted by Crippen LogP contribution is -1.95. The highest BCUT2D eigenvalue weighted by Crippen LogP contribution is 2.17. The molecule has 1 aromatic carbocycles. The monoisotopic (exact) mass is 194 g/mol. The molecule has 0 fully saturated rings. The summed E-state index contributed by atoms with van der Waals surface area (Å²) in [5.74, 6) is -2.67. The Hall–Kier alpha value is -1.64. The quantitative estimate of drug-likeness (QED) is 0.735. The predicted molar refractivity (Wildman–Crippen MR) is 52.6 cm³/mol. The molecule has 14 heavy (non-hydrogen) atoms. The van der Waals surface area contributed by atoms with Crippen LogP contribution in [0.4, 0.5) is 4.39 Å². The van der Waals surface area contributed by atoms with E-state index < -0.39 is 11.8 Å². The maximum atomic E-state index is 12.8. The first-order valence-corrected chi connectivity index (χ1v) is 4.19. The molecule has 2 nitrogen and oxygen atoms in total. The first-order valence-electron chi connectivity index (χ1n) is 4.19. The van der Waals surface area contributed by atoms with Crippen LogP contribution in [0.25, 0.3) is 6.08 Å². The van der Waals surface area contributed by atoms with Crippen LogP contribution < -0.4 is 0 Å². The lowest BCUT2D eigenvalue weighted by molar-refractivity contribution is -0.134. The Bertz CT molecular complexity index is 374. The molecule has 0 spiro atoms. The van der Waals surface area contributed by atoms with Gasteiger partial charge in [-0.25, -0.2) is 4.79 Å². The molecule has 0 saturated heterocycles. The van der Waals surface area contributed by atoms with Crippen LogP contribution in [0.15, 0.2) is 24.0 Å². The maximum Gasteiger partial charge on any atom is 0.364 e. The van der Waals surface area contributed by atoms with Gasteiger partial charge in [0.05, 0.1) is 0 Å². The Balaban J connectivity index is 3.20. The highest BCUT2D eigenvalue weighted by Gasteiger charge is 2.07. The average Bonchev–Trinajstić information content (AvgIpc) is 2.11. The molecule has 0 amide bonds. The van der Waals surface area contributed by atoms with Crippen molar-refractivity contribution in [2.24, 2.45) is 0 Å². The third-order valence-corrected chi connectivity index (χ3v) is 2.02. The fourth-order valence-corrected chi connectivity index (χ4v) is 1.24. The summed E-state index contributed by atoms with van der Waals surface area (Å²) in [5, 5.41) is 8.38. The molecule has 3 heteroatoms. The van der Waals surface area contributed by atoms with E-state index in [1.807, 2.05) is 32.0 Å². The van der Waals surface area contributed by atoms with Gasteiger partial charge in [-0.1, -0.05) is 18.2 Å². The number of carboxylic acid groups (broad SMARTS) is 1. The van der Waals surface area contributed by atoms with Crippen LogP contribution in [0.2, 0.25) is 0 Å². The SMILES string of the molecule is Cc1cccc(C)c1/C=C(/F)C(=O)O. The van der Waals surface area contributed by atoms with Crippen molar-refractivity contribution in [1.29, 1.82) is 0 Å². The van der Waals surface area contributed by atoms with Gasteiger partial charge in [-0.3, -0.25) is 0 Å². The molecule has 0 aliphatic carbocycles. The van der Waals surface area contributed by atoms with Crippen LogP contribution in [0.3, 0.4) is 0 Å². The molecule has 1 aromatic rings. The smallest absolute Gasteiger partial charge is 0.364 e. The number of aliphatic carboxylic acids is 1. The number of carboxylic acids is 1. The van der Waals surface area contributed by atoms with Gasteiger partial charge in [-0.15, -0.1) is 0 Å². The third kappa shape index (κ3) is 2.19. The van der Waals surface area contributed by atoms with E-state index in [-0.39, 0.29) is 0 Å². The van der Waals surface area contributed by atoms with Gasteiger partial charge in [-0.2, -0.15) is 4.39 Å². The van der Waals surface area contributed by atoms with Gasteiger partial charge >= 0.3 is 5.97 Å². The molecule has 0 saturated carbocycles. The number of rotatable bonds is 2. The summed E-state index contributed by atoms with van der Waals surface area (Å²) < 4.78 is 12.8. The standard InChI is InChI=1S/C11H11FO2/c1-7-4-3-5-8(2)9(7)6-10(12)11(13)14/h3-6H,1-2H3,(H,13,14)/b10-6+. The third-order valence-electron chi connectivity index (χ3n) is 2.02. The molecular formula is C11H11FO2. The lowest BCUT2D eigenvalue weighted by Gasteiger charge is -2.03. The molecule has 0 unspecified atom stereocenters. The Morgan fingerprint density at radius 2 is 1.86 bits per heavy atom. The minimum absolute atomic E-state index is 0.632. The summed E-state index contributed by atoms with van der Waals surface area (Å²) in [5.41, 5.74) is 2.36. The number of carbonyl (C=O) groups is 1. The van der Waals surface area contributed by atoms with Crippen LogP contribution in [-0.4, -0.2) is 11.1 Å². The molecule has 0 radical (unpaired) electrons. The minimum atomic E-state index is -1.53. The first kappa shape index (κ1) is 10.4. The zero-order valence-corrected chi connectivity index (χ0v) is 8.04. The van der Waals surface area contributed by atoms with Crippen molar-refractivity contribution < 1.29 is 14.3 Å². The lowest BCUT2D eigenvalue weighted by atomic mass is 10.0. The van der Waals surface area contributed by atoms with E-state index in [0.29, 0.717) is 5.56 Å². The van der Waals surface area contributed by atoms with Crippen LogP contribution in [0.5, 0.6) is 0 Å². The molecule has 0 aliphatic rings. The topological polar surface area (TPSA) is 37.3 Å². The zero-order chi connectivity index (χ0) is 10.7. The predicted octanol–water partition coefficient (Wildman–Crippen LogP) is 2.70. The largest absolute Gasteiger partial charge is 0.476 e. The fraction of sp³-hybridized carbons (Fsp3) is 0.182. The summed E-state index contributed by atoms with van der Waals surface area (Å²) in [6.45, 7) is 3.63. The van der Waals surface area contributed by atoms with Crippen molar-refractivity contribution in [2.75, 3.05) is 0 Å². The van der Waals surface area contributed by atoms with Gasteiger partial charge in [-0.05, 0) is 36.6 Å². The van der Waals surface area contributed by atoms with E-state index in [1.54, 1.807) is 0 Å². The Morgan fingerprint density at radius 3 is 2.29 bits per heavy atom. The molecule has 0 heterocycles. The van der Waals surface area contributed by atoms with Gasteiger partial charge in [0.1, 0.15) is 0 Å². The number of hydrogen-bond acceptors (Lipinski definition) is 1. The second-order valence-electron chi connectivity index (χ2n) is 3.10. The number of halogens is 1. The van der Waals surface area contributed by atoms with Crippen molar-refractivity contribution in [2.45, 2.75) is 13.8 Å². The van der Waals surface area contributed by atoms with Crippen molar-refractivity contribution in [3.8, 4) is 0 Å². The summed E-state index contributed by atoms with van der Waals surface area (Å²) in [4.78, 5) is 10.3. The van der Waals surface area contributed by atoms with E-state index >= 15 is 0 Å². The van der Waals surface area contributed by atoms with Crippen molar-refractivity contribution in [3.05, 3.63) is 40.7 Å². The second kappa shape index (κ2) is 4.05. The van der Waals surface area contributed by atoms with Gasteiger partial charge in [0.25, 0.3) is 0 Å². The van der Waals surface area contributed by atoms with Crippen LogP contribution >= 0.6 is 0 Å². The molecule has 0 atom stereocenters. The summed E-state index contributed by atoms with van der Waals surface area (Å²) in [6.07, 6.45) is 1.05. The van der Waals surface area contributed by atoms with E-state index in [9.17, 15) is 9.18 Å². The Kier molecular flexibility index (Phi) is 3.02. The number of hydrogen-bond donors (Lipinski definition) is 1. The van der Waals surface area contributed by atoms with Crippen LogP contribution in [0.1, 0.15) is 16.7 Å². The summed E-state index contributed by atoms with van der Waals surface area (Å²) >= 11 is 0. The fourth-order valence-electron chi connectivity index (χ4n) is 1.24. The summed E-state index contributed by atoms with van der Waals surface area (Å²) in [6, 6.07) is 5.47. The van der Waals surface area contributed by atoms with E-state index in [4.69, 9.17) is 5.11 Å². The minimum Gasteiger partial charge on any atom is -0.476 e. The molecular weight excluding hydrogens is 183 g/mol. The zero-order valence-electron chi connectivity index (χ0n) is 8.04. The second-order valence-corrected chi connectivity index (χ2v) is 3.10. The maximum absolute atomic E-state index is 12.8. The molecule has 74 valence electrons. The van der Waals surface area contributed by atoms with Crippen LogP contribution in [-0.2, 0) is 4.79 Å².